The molecule has 0 bridgehead atoms. The fourth-order valence-electron chi connectivity index (χ4n) is 5.11. The number of pyridine rings is 1. The second kappa shape index (κ2) is 9.90. The highest BCUT2D eigenvalue weighted by Gasteiger charge is 2.27. The Kier molecular flexibility index (Phi) is 7.01. The molecular formula is C26H33FN2O2. The first kappa shape index (κ1) is 21.9. The van der Waals surface area contributed by atoms with E-state index in [1.165, 1.54) is 11.8 Å². The van der Waals surface area contributed by atoms with Crippen LogP contribution in [0.1, 0.15) is 50.8 Å². The van der Waals surface area contributed by atoms with Gasteiger partial charge in [0.25, 0.3) is 0 Å². The van der Waals surface area contributed by atoms with E-state index in [1.807, 2.05) is 6.07 Å². The minimum atomic E-state index is -0.412. The number of ketones is 1. The summed E-state index contributed by atoms with van der Waals surface area (Å²) in [5.74, 6) is 0.585. The normalized spacial score (nSPS) is 26.6. The van der Waals surface area contributed by atoms with Crippen LogP contribution >= 0.6 is 0 Å². The Balaban J connectivity index is 1.26. The number of benzene rings is 1. The lowest BCUT2D eigenvalue weighted by Crippen LogP contribution is -2.45. The number of nitrogens with zero attached hydrogens (tertiary/aromatic N) is 2. The summed E-state index contributed by atoms with van der Waals surface area (Å²) in [6.45, 7) is 6.02. The number of carbonyl (C=O) groups excluding carboxylic acids is 1. The number of carbonyl (C=O) groups is 1. The minimum Gasteiger partial charge on any atom is -0.372 e. The maximum Gasteiger partial charge on any atom is 0.213 e. The molecule has 2 heterocycles. The number of halogens is 1. The zero-order valence-electron chi connectivity index (χ0n) is 18.6. The third-order valence-electron chi connectivity index (χ3n) is 6.67. The summed E-state index contributed by atoms with van der Waals surface area (Å²) in [5, 5.41) is 0. The highest BCUT2D eigenvalue weighted by molar-refractivity contribution is 5.83. The molecule has 0 N–H and O–H groups in total. The van der Waals surface area contributed by atoms with Crippen molar-refractivity contribution in [1.82, 2.24) is 4.98 Å². The summed E-state index contributed by atoms with van der Waals surface area (Å²) in [6, 6.07) is 13.5. The highest BCUT2D eigenvalue weighted by atomic mass is 19.1. The largest absolute Gasteiger partial charge is 0.372 e. The molecular weight excluding hydrogens is 391 g/mol. The Bertz CT molecular complexity index is 867. The first-order valence-electron chi connectivity index (χ1n) is 11.6. The molecule has 31 heavy (non-hydrogen) atoms. The number of ether oxygens (including phenoxy) is 1. The number of hydrogen-bond acceptors (Lipinski definition) is 4. The smallest absolute Gasteiger partial charge is 0.213 e. The van der Waals surface area contributed by atoms with E-state index in [-0.39, 0.29) is 18.1 Å². The van der Waals surface area contributed by atoms with Gasteiger partial charge in [0.1, 0.15) is 5.78 Å². The van der Waals surface area contributed by atoms with Crippen LogP contribution in [0.5, 0.6) is 0 Å². The van der Waals surface area contributed by atoms with Gasteiger partial charge in [-0.15, -0.1) is 0 Å². The van der Waals surface area contributed by atoms with Crippen molar-refractivity contribution >= 4 is 11.5 Å². The van der Waals surface area contributed by atoms with E-state index in [0.717, 1.165) is 56.5 Å². The molecule has 4 nitrogen and oxygen atoms in total. The van der Waals surface area contributed by atoms with Crippen molar-refractivity contribution in [1.29, 1.82) is 0 Å². The molecule has 0 amide bonds. The van der Waals surface area contributed by atoms with Gasteiger partial charge in [-0.3, -0.25) is 4.79 Å². The molecule has 1 aliphatic heterocycles. The van der Waals surface area contributed by atoms with E-state index in [0.29, 0.717) is 18.1 Å². The van der Waals surface area contributed by atoms with Crippen LogP contribution in [-0.2, 0) is 22.4 Å². The van der Waals surface area contributed by atoms with Gasteiger partial charge < -0.3 is 9.64 Å². The van der Waals surface area contributed by atoms with E-state index < -0.39 is 5.95 Å². The second-order valence-electron chi connectivity index (χ2n) is 9.35. The van der Waals surface area contributed by atoms with Gasteiger partial charge in [0.2, 0.25) is 5.95 Å². The van der Waals surface area contributed by atoms with Gasteiger partial charge >= 0.3 is 0 Å². The van der Waals surface area contributed by atoms with Gasteiger partial charge in [-0.05, 0) is 81.7 Å². The molecule has 2 aromatic rings. The first-order chi connectivity index (χ1) is 15.0. The Morgan fingerprint density at radius 1 is 1.03 bits per heavy atom. The topological polar surface area (TPSA) is 42.4 Å². The standard InChI is InChI=1S/C26H33FN2O2/c1-18-16-29(17-19(2)31-18)24-12-8-21(9-13-24)15-25(30)22-10-6-20(7-11-22)14-23-4-3-5-26(27)28-23/h3-5,8-9,12-13,18-20,22H,6-7,10-11,14-17H2,1-2H3/t18-,19+,20?,22?. The molecule has 2 atom stereocenters. The van der Waals surface area contributed by atoms with Gasteiger partial charge in [-0.25, -0.2) is 4.98 Å². The maximum atomic E-state index is 13.3. The van der Waals surface area contributed by atoms with Crippen molar-refractivity contribution in [3.63, 3.8) is 0 Å². The van der Waals surface area contributed by atoms with Crippen LogP contribution in [0.15, 0.2) is 42.5 Å². The third-order valence-corrected chi connectivity index (χ3v) is 6.67. The van der Waals surface area contributed by atoms with Crippen LogP contribution in [0, 0.1) is 17.8 Å². The Morgan fingerprint density at radius 3 is 2.35 bits per heavy atom. The fraction of sp³-hybridized carbons (Fsp3) is 0.538. The van der Waals surface area contributed by atoms with E-state index in [2.05, 4.69) is 48.0 Å². The highest BCUT2D eigenvalue weighted by Crippen LogP contribution is 2.32. The van der Waals surface area contributed by atoms with Crippen molar-refractivity contribution in [2.45, 2.75) is 64.6 Å². The molecule has 166 valence electrons. The second-order valence-corrected chi connectivity index (χ2v) is 9.35. The van der Waals surface area contributed by atoms with Crippen molar-refractivity contribution in [2.24, 2.45) is 11.8 Å². The zero-order chi connectivity index (χ0) is 21.8. The molecule has 2 aliphatic rings. The van der Waals surface area contributed by atoms with Gasteiger partial charge in [0.15, 0.2) is 0 Å². The number of aromatic nitrogens is 1. The van der Waals surface area contributed by atoms with Crippen molar-refractivity contribution in [3.05, 3.63) is 59.7 Å². The zero-order valence-corrected chi connectivity index (χ0v) is 18.6. The van der Waals surface area contributed by atoms with E-state index in [1.54, 1.807) is 6.07 Å². The van der Waals surface area contributed by atoms with E-state index in [9.17, 15) is 9.18 Å². The fourth-order valence-corrected chi connectivity index (χ4v) is 5.11. The molecule has 5 heteroatoms. The summed E-state index contributed by atoms with van der Waals surface area (Å²) >= 11 is 0. The van der Waals surface area contributed by atoms with E-state index in [4.69, 9.17) is 4.74 Å². The predicted molar refractivity (Wildman–Crippen MR) is 121 cm³/mol. The molecule has 4 rings (SSSR count). The predicted octanol–water partition coefficient (Wildman–Crippen LogP) is 5.00. The molecule has 2 fully saturated rings. The molecule has 1 aromatic heterocycles. The maximum absolute atomic E-state index is 13.3. The molecule has 0 unspecified atom stereocenters. The van der Waals surface area contributed by atoms with Crippen LogP contribution in [0.2, 0.25) is 0 Å². The van der Waals surface area contributed by atoms with E-state index >= 15 is 0 Å². The van der Waals surface area contributed by atoms with Gasteiger partial charge in [0, 0.05) is 36.8 Å². The quantitative estimate of drug-likeness (QED) is 0.613. The summed E-state index contributed by atoms with van der Waals surface area (Å²) in [7, 11) is 0. The Morgan fingerprint density at radius 2 is 1.71 bits per heavy atom. The summed E-state index contributed by atoms with van der Waals surface area (Å²) in [4.78, 5) is 19.2. The lowest BCUT2D eigenvalue weighted by Gasteiger charge is -2.36. The SMILES string of the molecule is C[C@@H]1CN(c2ccc(CC(=O)C3CCC(Cc4cccc(F)n4)CC3)cc2)C[C@H](C)O1. The molecule has 1 aliphatic carbocycles. The number of anilines is 1. The Labute approximate surface area is 184 Å². The molecule has 1 saturated carbocycles. The van der Waals surface area contributed by atoms with Crippen LogP contribution in [0.25, 0.3) is 0 Å². The van der Waals surface area contributed by atoms with Crippen LogP contribution in [-0.4, -0.2) is 36.1 Å². The number of rotatable bonds is 6. The summed E-state index contributed by atoms with van der Waals surface area (Å²) in [5.41, 5.74) is 3.11. The Hall–Kier alpha value is -2.27. The summed E-state index contributed by atoms with van der Waals surface area (Å²) in [6.07, 6.45) is 5.67. The number of hydrogen-bond donors (Lipinski definition) is 0. The van der Waals surface area contributed by atoms with Crippen molar-refractivity contribution < 1.29 is 13.9 Å². The molecule has 0 spiro atoms. The third kappa shape index (κ3) is 5.91. The molecule has 1 aromatic carbocycles. The van der Waals surface area contributed by atoms with Crippen molar-refractivity contribution in [3.8, 4) is 0 Å². The average molecular weight is 425 g/mol. The number of Topliss-reactive ketones (excluding diaryl/α,β-unsaturated/α-hetero) is 1. The monoisotopic (exact) mass is 424 g/mol. The van der Waals surface area contributed by atoms with Crippen LogP contribution < -0.4 is 4.90 Å². The van der Waals surface area contributed by atoms with Gasteiger partial charge in [0.05, 0.1) is 12.2 Å². The van der Waals surface area contributed by atoms with Crippen molar-refractivity contribution in [2.75, 3.05) is 18.0 Å². The lowest BCUT2D eigenvalue weighted by molar-refractivity contribution is -0.123. The van der Waals surface area contributed by atoms with Crippen LogP contribution in [0.3, 0.4) is 0 Å². The number of morpholine rings is 1. The van der Waals surface area contributed by atoms with Gasteiger partial charge in [-0.2, -0.15) is 4.39 Å². The molecule has 1 saturated heterocycles. The minimum absolute atomic E-state index is 0.150. The van der Waals surface area contributed by atoms with Gasteiger partial charge in [-0.1, -0.05) is 18.2 Å². The lowest BCUT2D eigenvalue weighted by atomic mass is 9.77. The van der Waals surface area contributed by atoms with Crippen LogP contribution in [0.4, 0.5) is 10.1 Å². The first-order valence-corrected chi connectivity index (χ1v) is 11.6. The molecule has 0 radical (unpaired) electrons. The average Bonchev–Trinajstić information content (AvgIpc) is 2.74. The summed E-state index contributed by atoms with van der Waals surface area (Å²) < 4.78 is 19.1.